The van der Waals surface area contributed by atoms with Gasteiger partial charge in [-0.25, -0.2) is 0 Å². The second-order valence-corrected chi connectivity index (χ2v) is 5.36. The molecule has 0 spiro atoms. The first kappa shape index (κ1) is 12.3. The minimum atomic E-state index is -0.378. The molecule has 4 nitrogen and oxygen atoms in total. The zero-order valence-electron chi connectivity index (χ0n) is 10.7. The quantitative estimate of drug-likeness (QED) is 0.559. The zero-order chi connectivity index (χ0) is 13.5. The molecule has 4 heteroatoms. The number of imide groups is 1. The summed E-state index contributed by atoms with van der Waals surface area (Å²) < 4.78 is 0. The average molecular weight is 242 g/mol. The zero-order valence-corrected chi connectivity index (χ0v) is 10.7. The number of amides is 2. The third-order valence-electron chi connectivity index (χ3n) is 3.07. The van der Waals surface area contributed by atoms with Crippen molar-refractivity contribution in [2.75, 3.05) is 6.54 Å². The molecule has 0 bridgehead atoms. The number of rotatable bonds is 1. The van der Waals surface area contributed by atoms with Gasteiger partial charge in [0.2, 0.25) is 0 Å². The molecule has 1 aromatic carbocycles. The van der Waals surface area contributed by atoms with Gasteiger partial charge in [0.15, 0.2) is 0 Å². The molecule has 0 unspecified atom stereocenters. The van der Waals surface area contributed by atoms with Crippen LogP contribution in [0.25, 0.3) is 0 Å². The van der Waals surface area contributed by atoms with Gasteiger partial charge in [0.1, 0.15) is 6.54 Å². The van der Waals surface area contributed by atoms with E-state index < -0.39 is 0 Å². The van der Waals surface area contributed by atoms with Gasteiger partial charge in [-0.3, -0.25) is 14.5 Å². The van der Waals surface area contributed by atoms with Crippen molar-refractivity contribution in [2.45, 2.75) is 26.2 Å². The van der Waals surface area contributed by atoms with Gasteiger partial charge in [0.25, 0.3) is 11.8 Å². The molecule has 0 atom stereocenters. The number of benzene rings is 1. The molecule has 18 heavy (non-hydrogen) atoms. The molecule has 0 saturated heterocycles. The van der Waals surface area contributed by atoms with Crippen molar-refractivity contribution in [1.29, 1.82) is 5.26 Å². The lowest BCUT2D eigenvalue weighted by Gasteiger charge is -2.19. The minimum Gasteiger partial charge on any atom is -0.269 e. The van der Waals surface area contributed by atoms with E-state index in [1.165, 1.54) is 0 Å². The second kappa shape index (κ2) is 3.95. The second-order valence-electron chi connectivity index (χ2n) is 5.36. The van der Waals surface area contributed by atoms with E-state index in [2.05, 4.69) is 0 Å². The summed E-state index contributed by atoms with van der Waals surface area (Å²) >= 11 is 0. The Labute approximate surface area is 106 Å². The lowest BCUT2D eigenvalue weighted by atomic mass is 9.85. The molecule has 1 heterocycles. The van der Waals surface area contributed by atoms with E-state index in [-0.39, 0.29) is 23.8 Å². The van der Waals surface area contributed by atoms with Gasteiger partial charge in [-0.05, 0) is 23.1 Å². The summed E-state index contributed by atoms with van der Waals surface area (Å²) in [6.07, 6.45) is 0. The van der Waals surface area contributed by atoms with Crippen molar-refractivity contribution in [3.8, 4) is 6.07 Å². The fraction of sp³-hybridized carbons (Fsp3) is 0.357. The Morgan fingerprint density at radius 1 is 1.17 bits per heavy atom. The Kier molecular flexibility index (Phi) is 2.70. The summed E-state index contributed by atoms with van der Waals surface area (Å²) in [5.41, 5.74) is 1.72. The number of nitrogens with zero attached hydrogens (tertiary/aromatic N) is 2. The average Bonchev–Trinajstić information content (AvgIpc) is 2.53. The van der Waals surface area contributed by atoms with Gasteiger partial charge in [-0.15, -0.1) is 0 Å². The van der Waals surface area contributed by atoms with Crippen LogP contribution in [0.3, 0.4) is 0 Å². The lowest BCUT2D eigenvalue weighted by Crippen LogP contribution is -2.29. The van der Waals surface area contributed by atoms with Crippen molar-refractivity contribution in [3.05, 3.63) is 34.9 Å². The number of fused-ring (bicyclic) bond motifs is 1. The predicted molar refractivity (Wildman–Crippen MR) is 66.1 cm³/mol. The molecule has 1 aliphatic heterocycles. The van der Waals surface area contributed by atoms with Crippen molar-refractivity contribution in [1.82, 2.24) is 4.90 Å². The Hall–Kier alpha value is -2.15. The molecule has 92 valence electrons. The summed E-state index contributed by atoms with van der Waals surface area (Å²) in [5.74, 6) is -0.750. The number of nitriles is 1. The molecule has 0 aliphatic carbocycles. The molecular weight excluding hydrogens is 228 g/mol. The summed E-state index contributed by atoms with van der Waals surface area (Å²) in [6, 6.07) is 7.13. The topological polar surface area (TPSA) is 61.2 Å². The first-order valence-electron chi connectivity index (χ1n) is 5.74. The maximum absolute atomic E-state index is 12.0. The number of hydrogen-bond acceptors (Lipinski definition) is 3. The molecule has 0 fully saturated rings. The van der Waals surface area contributed by atoms with Crippen LogP contribution in [0.1, 0.15) is 47.1 Å². The van der Waals surface area contributed by atoms with Crippen LogP contribution < -0.4 is 0 Å². The van der Waals surface area contributed by atoms with Crippen molar-refractivity contribution < 1.29 is 9.59 Å². The van der Waals surface area contributed by atoms with Gasteiger partial charge in [-0.1, -0.05) is 26.8 Å². The molecule has 1 aromatic rings. The van der Waals surface area contributed by atoms with Crippen molar-refractivity contribution in [3.63, 3.8) is 0 Å². The highest BCUT2D eigenvalue weighted by Gasteiger charge is 2.36. The van der Waals surface area contributed by atoms with E-state index in [9.17, 15) is 9.59 Å². The SMILES string of the molecule is CC(C)(C)c1ccc2c(c1)C(=O)N(CC#N)C2=O. The Balaban J connectivity index is 2.50. The fourth-order valence-corrected chi connectivity index (χ4v) is 1.97. The summed E-state index contributed by atoms with van der Waals surface area (Å²) in [4.78, 5) is 24.9. The molecule has 1 aliphatic rings. The first-order chi connectivity index (χ1) is 8.36. The van der Waals surface area contributed by atoms with Crippen LogP contribution in [0, 0.1) is 11.3 Å². The molecule has 0 radical (unpaired) electrons. The molecule has 2 rings (SSSR count). The summed E-state index contributed by atoms with van der Waals surface area (Å²) in [6.45, 7) is 5.94. The van der Waals surface area contributed by atoms with Crippen LogP contribution in [-0.2, 0) is 5.41 Å². The summed E-state index contributed by atoms with van der Waals surface area (Å²) in [7, 11) is 0. The minimum absolute atomic E-state index is 0.0823. The Morgan fingerprint density at radius 3 is 2.33 bits per heavy atom. The highest BCUT2D eigenvalue weighted by Crippen LogP contribution is 2.29. The summed E-state index contributed by atoms with van der Waals surface area (Å²) in [5, 5.41) is 8.63. The molecule has 0 aromatic heterocycles. The standard InChI is InChI=1S/C14H14N2O2/c1-14(2,3)9-4-5-10-11(8-9)13(18)16(7-6-15)12(10)17/h4-5,8H,7H2,1-3H3. The molecule has 0 saturated carbocycles. The van der Waals surface area contributed by atoms with E-state index in [1.54, 1.807) is 12.1 Å². The Bertz CT molecular complexity index is 576. The smallest absolute Gasteiger partial charge is 0.262 e. The van der Waals surface area contributed by atoms with Gasteiger partial charge in [0, 0.05) is 0 Å². The van der Waals surface area contributed by atoms with E-state index in [4.69, 9.17) is 5.26 Å². The van der Waals surface area contributed by atoms with Crippen LogP contribution in [0.5, 0.6) is 0 Å². The van der Waals surface area contributed by atoms with Crippen molar-refractivity contribution >= 4 is 11.8 Å². The van der Waals surface area contributed by atoms with E-state index in [0.29, 0.717) is 11.1 Å². The van der Waals surface area contributed by atoms with Crippen LogP contribution in [0.2, 0.25) is 0 Å². The van der Waals surface area contributed by atoms with Crippen LogP contribution in [-0.4, -0.2) is 23.3 Å². The van der Waals surface area contributed by atoms with Gasteiger partial charge in [-0.2, -0.15) is 5.26 Å². The van der Waals surface area contributed by atoms with E-state index in [1.807, 2.05) is 32.9 Å². The van der Waals surface area contributed by atoms with Crippen molar-refractivity contribution in [2.24, 2.45) is 0 Å². The van der Waals surface area contributed by atoms with Crippen LogP contribution in [0.15, 0.2) is 18.2 Å². The molecule has 2 amide bonds. The monoisotopic (exact) mass is 242 g/mol. The first-order valence-corrected chi connectivity index (χ1v) is 5.74. The van der Waals surface area contributed by atoms with Crippen LogP contribution in [0.4, 0.5) is 0 Å². The largest absolute Gasteiger partial charge is 0.269 e. The number of hydrogen-bond donors (Lipinski definition) is 0. The van der Waals surface area contributed by atoms with E-state index in [0.717, 1.165) is 10.5 Å². The number of carbonyl (C=O) groups is 2. The molecular formula is C14H14N2O2. The third kappa shape index (κ3) is 1.78. The van der Waals surface area contributed by atoms with Gasteiger partial charge >= 0.3 is 0 Å². The maximum atomic E-state index is 12.0. The lowest BCUT2D eigenvalue weighted by molar-refractivity contribution is 0.0674. The third-order valence-corrected chi connectivity index (χ3v) is 3.07. The normalized spacial score (nSPS) is 14.7. The number of carbonyl (C=O) groups excluding carboxylic acids is 2. The fourth-order valence-electron chi connectivity index (χ4n) is 1.97. The van der Waals surface area contributed by atoms with Crippen LogP contribution >= 0.6 is 0 Å². The van der Waals surface area contributed by atoms with Gasteiger partial charge < -0.3 is 0 Å². The molecule has 0 N–H and O–H groups in total. The predicted octanol–water partition coefficient (Wildman–Crippen LogP) is 2.10. The maximum Gasteiger partial charge on any atom is 0.262 e. The van der Waals surface area contributed by atoms with E-state index >= 15 is 0 Å². The highest BCUT2D eigenvalue weighted by molar-refractivity contribution is 6.21. The Morgan fingerprint density at radius 2 is 1.78 bits per heavy atom. The van der Waals surface area contributed by atoms with Gasteiger partial charge in [0.05, 0.1) is 17.2 Å². The highest BCUT2D eigenvalue weighted by atomic mass is 16.2.